The molecule has 0 aliphatic carbocycles. The highest BCUT2D eigenvalue weighted by molar-refractivity contribution is 6.31. The first-order chi connectivity index (χ1) is 7.15. The molecule has 0 aliphatic rings. The van der Waals surface area contributed by atoms with E-state index in [4.69, 9.17) is 22.1 Å². The minimum atomic E-state index is -0.503. The molecule has 0 unspecified atom stereocenters. The quantitative estimate of drug-likeness (QED) is 0.606. The molecule has 0 aromatic heterocycles. The Hall–Kier alpha value is -1.00. The van der Waals surface area contributed by atoms with E-state index in [0.717, 1.165) is 6.42 Å². The zero-order valence-electron chi connectivity index (χ0n) is 8.52. The van der Waals surface area contributed by atoms with Crippen LogP contribution in [0.3, 0.4) is 0 Å². The molecule has 84 valence electrons. The van der Waals surface area contributed by atoms with Crippen molar-refractivity contribution in [2.45, 2.75) is 6.42 Å². The molecule has 1 aromatic rings. The number of nitrogen functional groups attached to an aromatic ring is 1. The van der Waals surface area contributed by atoms with Gasteiger partial charge in [-0.15, -0.1) is 0 Å². The Morgan fingerprint density at radius 1 is 1.53 bits per heavy atom. The van der Waals surface area contributed by atoms with E-state index < -0.39 is 5.82 Å². The van der Waals surface area contributed by atoms with E-state index in [9.17, 15) is 4.39 Å². The Kier molecular flexibility index (Phi) is 4.65. The van der Waals surface area contributed by atoms with Crippen LogP contribution in [-0.2, 0) is 4.74 Å². The number of halogens is 2. The molecule has 0 saturated heterocycles. The Morgan fingerprint density at radius 2 is 2.27 bits per heavy atom. The van der Waals surface area contributed by atoms with Crippen molar-refractivity contribution in [2.24, 2.45) is 0 Å². The van der Waals surface area contributed by atoms with Gasteiger partial charge in [0.25, 0.3) is 0 Å². The number of hydrogen-bond donors (Lipinski definition) is 2. The smallest absolute Gasteiger partial charge is 0.143 e. The molecule has 0 amide bonds. The van der Waals surface area contributed by atoms with Crippen LogP contribution in [0, 0.1) is 5.82 Å². The largest absolute Gasteiger partial charge is 0.397 e. The number of rotatable bonds is 5. The molecule has 3 N–H and O–H groups in total. The van der Waals surface area contributed by atoms with Crippen LogP contribution in [0.5, 0.6) is 0 Å². The lowest BCUT2D eigenvalue weighted by Crippen LogP contribution is -2.06. The van der Waals surface area contributed by atoms with Gasteiger partial charge in [0.1, 0.15) is 5.82 Å². The standard InChI is InChI=1S/C10H14ClFN2O/c1-15-4-2-3-14-10-5-7(11)8(12)6-9(10)13/h5-6,14H,2-4,13H2,1H3. The molecule has 0 aliphatic heterocycles. The lowest BCUT2D eigenvalue weighted by molar-refractivity contribution is 0.198. The Balaban J connectivity index is 2.57. The molecular formula is C10H14ClFN2O. The highest BCUT2D eigenvalue weighted by Gasteiger charge is 2.05. The molecule has 0 radical (unpaired) electrons. The summed E-state index contributed by atoms with van der Waals surface area (Å²) in [7, 11) is 1.64. The fourth-order valence-corrected chi connectivity index (χ4v) is 1.32. The summed E-state index contributed by atoms with van der Waals surface area (Å²) in [5.41, 5.74) is 6.62. The minimum Gasteiger partial charge on any atom is -0.397 e. The minimum absolute atomic E-state index is 0.0680. The highest BCUT2D eigenvalue weighted by atomic mass is 35.5. The number of hydrogen-bond acceptors (Lipinski definition) is 3. The zero-order chi connectivity index (χ0) is 11.3. The van der Waals surface area contributed by atoms with Crippen LogP contribution in [-0.4, -0.2) is 20.3 Å². The molecule has 0 spiro atoms. The number of anilines is 2. The van der Waals surface area contributed by atoms with E-state index in [-0.39, 0.29) is 5.02 Å². The topological polar surface area (TPSA) is 47.3 Å². The number of benzene rings is 1. The van der Waals surface area contributed by atoms with E-state index >= 15 is 0 Å². The summed E-state index contributed by atoms with van der Waals surface area (Å²) in [4.78, 5) is 0. The second kappa shape index (κ2) is 5.78. The Morgan fingerprint density at radius 3 is 2.93 bits per heavy atom. The molecular weight excluding hydrogens is 219 g/mol. The summed E-state index contributed by atoms with van der Waals surface area (Å²) in [6, 6.07) is 2.69. The van der Waals surface area contributed by atoms with Gasteiger partial charge in [0.05, 0.1) is 16.4 Å². The molecule has 15 heavy (non-hydrogen) atoms. The van der Waals surface area contributed by atoms with Crippen molar-refractivity contribution in [1.29, 1.82) is 0 Å². The second-order valence-electron chi connectivity index (χ2n) is 3.13. The van der Waals surface area contributed by atoms with Gasteiger partial charge in [-0.2, -0.15) is 0 Å². The zero-order valence-corrected chi connectivity index (χ0v) is 9.27. The molecule has 5 heteroatoms. The van der Waals surface area contributed by atoms with Crippen LogP contribution in [0.15, 0.2) is 12.1 Å². The highest BCUT2D eigenvalue weighted by Crippen LogP contribution is 2.25. The van der Waals surface area contributed by atoms with E-state index in [1.807, 2.05) is 0 Å². The summed E-state index contributed by atoms with van der Waals surface area (Å²) in [5.74, 6) is -0.503. The molecule has 1 aromatic carbocycles. The Labute approximate surface area is 93.4 Å². The van der Waals surface area contributed by atoms with Crippen molar-refractivity contribution in [3.05, 3.63) is 23.0 Å². The summed E-state index contributed by atoms with van der Waals surface area (Å²) in [6.45, 7) is 1.38. The predicted molar refractivity (Wildman–Crippen MR) is 60.8 cm³/mol. The van der Waals surface area contributed by atoms with Gasteiger partial charge < -0.3 is 15.8 Å². The maximum absolute atomic E-state index is 12.9. The van der Waals surface area contributed by atoms with Crippen molar-refractivity contribution >= 4 is 23.0 Å². The molecule has 1 rings (SSSR count). The fraction of sp³-hybridized carbons (Fsp3) is 0.400. The van der Waals surface area contributed by atoms with Gasteiger partial charge in [-0.05, 0) is 12.5 Å². The Bertz CT molecular complexity index is 333. The van der Waals surface area contributed by atoms with Crippen molar-refractivity contribution < 1.29 is 9.13 Å². The first-order valence-electron chi connectivity index (χ1n) is 4.62. The van der Waals surface area contributed by atoms with E-state index in [0.29, 0.717) is 24.5 Å². The third kappa shape index (κ3) is 3.57. The van der Waals surface area contributed by atoms with Crippen LogP contribution >= 0.6 is 11.6 Å². The van der Waals surface area contributed by atoms with Gasteiger partial charge in [0.2, 0.25) is 0 Å². The van der Waals surface area contributed by atoms with Crippen molar-refractivity contribution in [2.75, 3.05) is 31.3 Å². The fourth-order valence-electron chi connectivity index (χ4n) is 1.15. The van der Waals surface area contributed by atoms with Gasteiger partial charge in [-0.1, -0.05) is 11.6 Å². The van der Waals surface area contributed by atoms with Crippen LogP contribution in [0.25, 0.3) is 0 Å². The average Bonchev–Trinajstić information content (AvgIpc) is 2.20. The SMILES string of the molecule is COCCCNc1cc(Cl)c(F)cc1N. The van der Waals surface area contributed by atoms with Gasteiger partial charge in [-0.25, -0.2) is 4.39 Å². The van der Waals surface area contributed by atoms with Crippen LogP contribution in [0.1, 0.15) is 6.42 Å². The monoisotopic (exact) mass is 232 g/mol. The molecule has 0 fully saturated rings. The van der Waals surface area contributed by atoms with Crippen LogP contribution in [0.4, 0.5) is 15.8 Å². The normalized spacial score (nSPS) is 10.3. The molecule has 0 atom stereocenters. The first kappa shape index (κ1) is 12.1. The van der Waals surface area contributed by atoms with E-state index in [1.165, 1.54) is 12.1 Å². The third-order valence-corrected chi connectivity index (χ3v) is 2.22. The molecule has 0 saturated carbocycles. The summed E-state index contributed by atoms with van der Waals surface area (Å²) in [5, 5.41) is 3.13. The van der Waals surface area contributed by atoms with E-state index in [1.54, 1.807) is 7.11 Å². The maximum atomic E-state index is 12.9. The summed E-state index contributed by atoms with van der Waals surface area (Å²) < 4.78 is 17.8. The molecule has 3 nitrogen and oxygen atoms in total. The molecule has 0 heterocycles. The lowest BCUT2D eigenvalue weighted by atomic mass is 10.2. The van der Waals surface area contributed by atoms with Crippen molar-refractivity contribution in [3.63, 3.8) is 0 Å². The van der Waals surface area contributed by atoms with Crippen LogP contribution < -0.4 is 11.1 Å². The number of ether oxygens (including phenoxy) is 1. The van der Waals surface area contributed by atoms with Gasteiger partial charge >= 0.3 is 0 Å². The van der Waals surface area contributed by atoms with Gasteiger partial charge in [0.15, 0.2) is 0 Å². The number of nitrogens with two attached hydrogens (primary N) is 1. The predicted octanol–water partition coefficient (Wildman–Crippen LogP) is 2.51. The average molecular weight is 233 g/mol. The van der Waals surface area contributed by atoms with Gasteiger partial charge in [-0.3, -0.25) is 0 Å². The summed E-state index contributed by atoms with van der Waals surface area (Å²) in [6.07, 6.45) is 0.852. The maximum Gasteiger partial charge on any atom is 0.143 e. The number of nitrogens with one attached hydrogen (secondary N) is 1. The lowest BCUT2D eigenvalue weighted by Gasteiger charge is -2.09. The van der Waals surface area contributed by atoms with Crippen molar-refractivity contribution in [3.8, 4) is 0 Å². The summed E-state index contributed by atoms with van der Waals surface area (Å²) >= 11 is 5.63. The second-order valence-corrected chi connectivity index (χ2v) is 3.53. The molecule has 0 bridgehead atoms. The van der Waals surface area contributed by atoms with Crippen molar-refractivity contribution in [1.82, 2.24) is 0 Å². The van der Waals surface area contributed by atoms with Crippen LogP contribution in [0.2, 0.25) is 5.02 Å². The number of methoxy groups -OCH3 is 1. The first-order valence-corrected chi connectivity index (χ1v) is 5.00. The van der Waals surface area contributed by atoms with Gasteiger partial charge in [0, 0.05) is 26.3 Å². The van der Waals surface area contributed by atoms with E-state index in [2.05, 4.69) is 5.32 Å². The third-order valence-electron chi connectivity index (χ3n) is 1.93.